The maximum absolute atomic E-state index is 12.9. The van der Waals surface area contributed by atoms with E-state index in [-0.39, 0.29) is 0 Å². The minimum atomic E-state index is -5.30. The molecule has 1 aromatic carbocycles. The van der Waals surface area contributed by atoms with Crippen LogP contribution in [0, 0.1) is 17.5 Å². The lowest BCUT2D eigenvalue weighted by Crippen LogP contribution is -2.20. The highest BCUT2D eigenvalue weighted by molar-refractivity contribution is 5.72. The van der Waals surface area contributed by atoms with Gasteiger partial charge in [-0.2, -0.15) is 4.39 Å². The molecule has 90 valence electrons. The molecule has 0 fully saturated rings. The molecule has 1 aromatic rings. The first-order chi connectivity index (χ1) is 7.15. The van der Waals surface area contributed by atoms with E-state index in [4.69, 9.17) is 11.5 Å². The average molecular weight is 246 g/mol. The quantitative estimate of drug-likeness (QED) is 0.453. The van der Waals surface area contributed by atoms with Gasteiger partial charge in [0.1, 0.15) is 5.69 Å². The Morgan fingerprint density at radius 3 is 1.75 bits per heavy atom. The van der Waals surface area contributed by atoms with Crippen LogP contribution < -0.4 is 16.2 Å². The van der Waals surface area contributed by atoms with E-state index in [0.29, 0.717) is 0 Å². The minimum Gasteiger partial charge on any atom is -0.400 e. The van der Waals surface area contributed by atoms with Gasteiger partial charge in [-0.1, -0.05) is 0 Å². The predicted octanol–water partition coefficient (Wildman–Crippen LogP) is 2.17. The molecule has 0 aliphatic rings. The predicted molar refractivity (Wildman–Crippen MR) is 41.8 cm³/mol. The molecule has 0 aromatic heterocycles. The second-order valence-electron chi connectivity index (χ2n) is 2.65. The number of benzene rings is 1. The van der Waals surface area contributed by atoms with Crippen LogP contribution in [0.3, 0.4) is 0 Å². The summed E-state index contributed by atoms with van der Waals surface area (Å²) < 4.78 is 76.6. The van der Waals surface area contributed by atoms with Gasteiger partial charge in [0.2, 0.25) is 11.6 Å². The summed E-state index contributed by atoms with van der Waals surface area (Å²) in [4.78, 5) is 0. The summed E-state index contributed by atoms with van der Waals surface area (Å²) in [5.41, 5.74) is 7.37. The number of ether oxygens (including phenoxy) is 1. The van der Waals surface area contributed by atoms with Crippen molar-refractivity contribution in [2.24, 2.45) is 0 Å². The first-order valence-corrected chi connectivity index (χ1v) is 3.62. The molecule has 16 heavy (non-hydrogen) atoms. The molecule has 0 saturated carbocycles. The normalized spacial score (nSPS) is 11.6. The number of anilines is 2. The molecule has 1 rings (SSSR count). The molecule has 0 amide bonds. The first-order valence-electron chi connectivity index (χ1n) is 3.62. The zero-order valence-corrected chi connectivity index (χ0v) is 7.33. The van der Waals surface area contributed by atoms with E-state index in [2.05, 4.69) is 4.74 Å². The second-order valence-corrected chi connectivity index (χ2v) is 2.65. The molecular formula is C7H4F6N2O. The fraction of sp³-hybridized carbons (Fsp3) is 0.143. The summed E-state index contributed by atoms with van der Waals surface area (Å²) in [5.74, 6) is -7.94. The average Bonchev–Trinajstić information content (AvgIpc) is 2.17. The number of halogens is 6. The van der Waals surface area contributed by atoms with Crippen LogP contribution in [0.15, 0.2) is 0 Å². The van der Waals surface area contributed by atoms with Gasteiger partial charge in [-0.25, -0.2) is 8.78 Å². The smallest absolute Gasteiger partial charge is 0.400 e. The third kappa shape index (κ3) is 2.07. The van der Waals surface area contributed by atoms with Crippen molar-refractivity contribution < 1.29 is 31.1 Å². The topological polar surface area (TPSA) is 61.3 Å². The summed E-state index contributed by atoms with van der Waals surface area (Å²) in [6.07, 6.45) is -5.30. The fourth-order valence-electron chi connectivity index (χ4n) is 0.889. The SMILES string of the molecule is Nc1c(N)c(OC(F)(F)F)c(F)c(F)c1F. The zero-order chi connectivity index (χ0) is 12.7. The number of hydrogen-bond donors (Lipinski definition) is 2. The molecule has 3 nitrogen and oxygen atoms in total. The van der Waals surface area contributed by atoms with E-state index < -0.39 is 40.9 Å². The highest BCUT2D eigenvalue weighted by Crippen LogP contribution is 2.38. The Kier molecular flexibility index (Phi) is 2.80. The van der Waals surface area contributed by atoms with Crippen LogP contribution >= 0.6 is 0 Å². The highest BCUT2D eigenvalue weighted by Gasteiger charge is 2.36. The van der Waals surface area contributed by atoms with Gasteiger partial charge in [0, 0.05) is 0 Å². The Balaban J connectivity index is 3.40. The van der Waals surface area contributed by atoms with E-state index >= 15 is 0 Å². The molecule has 0 bridgehead atoms. The van der Waals surface area contributed by atoms with Crippen molar-refractivity contribution in [2.75, 3.05) is 11.5 Å². The van der Waals surface area contributed by atoms with Crippen molar-refractivity contribution in [3.63, 3.8) is 0 Å². The molecular weight excluding hydrogens is 242 g/mol. The zero-order valence-electron chi connectivity index (χ0n) is 7.33. The van der Waals surface area contributed by atoms with Crippen LogP contribution in [0.2, 0.25) is 0 Å². The van der Waals surface area contributed by atoms with E-state index in [1.54, 1.807) is 0 Å². The molecule has 0 spiro atoms. The molecule has 4 N–H and O–H groups in total. The van der Waals surface area contributed by atoms with Crippen LogP contribution in [0.25, 0.3) is 0 Å². The lowest BCUT2D eigenvalue weighted by Gasteiger charge is -2.14. The van der Waals surface area contributed by atoms with Crippen molar-refractivity contribution >= 4 is 11.4 Å². The maximum Gasteiger partial charge on any atom is 0.573 e. The molecule has 0 saturated heterocycles. The van der Waals surface area contributed by atoms with Gasteiger partial charge >= 0.3 is 6.36 Å². The Bertz CT molecular complexity index is 401. The second kappa shape index (κ2) is 3.65. The van der Waals surface area contributed by atoms with Gasteiger partial charge < -0.3 is 16.2 Å². The van der Waals surface area contributed by atoms with Crippen molar-refractivity contribution in [3.8, 4) is 5.75 Å². The largest absolute Gasteiger partial charge is 0.573 e. The van der Waals surface area contributed by atoms with Gasteiger partial charge in [0.15, 0.2) is 11.6 Å². The van der Waals surface area contributed by atoms with Gasteiger partial charge in [0.05, 0.1) is 5.69 Å². The van der Waals surface area contributed by atoms with Crippen LogP contribution in [0.5, 0.6) is 5.75 Å². The lowest BCUT2D eigenvalue weighted by molar-refractivity contribution is -0.275. The monoisotopic (exact) mass is 246 g/mol. The molecule has 0 radical (unpaired) electrons. The van der Waals surface area contributed by atoms with Gasteiger partial charge in [-0.3, -0.25) is 0 Å². The first kappa shape index (κ1) is 12.3. The van der Waals surface area contributed by atoms with E-state index in [9.17, 15) is 26.3 Å². The maximum atomic E-state index is 12.9. The number of nitrogen functional groups attached to an aromatic ring is 2. The van der Waals surface area contributed by atoms with E-state index in [1.807, 2.05) is 0 Å². The van der Waals surface area contributed by atoms with Crippen LogP contribution in [-0.2, 0) is 0 Å². The van der Waals surface area contributed by atoms with Crippen LogP contribution in [0.4, 0.5) is 37.7 Å². The number of alkyl halides is 3. The van der Waals surface area contributed by atoms with Crippen molar-refractivity contribution in [1.82, 2.24) is 0 Å². The van der Waals surface area contributed by atoms with E-state index in [0.717, 1.165) is 0 Å². The van der Waals surface area contributed by atoms with Crippen molar-refractivity contribution in [1.29, 1.82) is 0 Å². The Morgan fingerprint density at radius 2 is 1.31 bits per heavy atom. The summed E-state index contributed by atoms with van der Waals surface area (Å²) >= 11 is 0. The summed E-state index contributed by atoms with van der Waals surface area (Å²) in [6.45, 7) is 0. The summed E-state index contributed by atoms with van der Waals surface area (Å²) in [7, 11) is 0. The van der Waals surface area contributed by atoms with Gasteiger partial charge in [-0.05, 0) is 0 Å². The third-order valence-electron chi connectivity index (χ3n) is 1.57. The number of nitrogens with two attached hydrogens (primary N) is 2. The van der Waals surface area contributed by atoms with Crippen LogP contribution in [0.1, 0.15) is 0 Å². The molecule has 9 heteroatoms. The van der Waals surface area contributed by atoms with Gasteiger partial charge in [0.25, 0.3) is 0 Å². The standard InChI is InChI=1S/C7H4F6N2O/c8-1-2(9)4(14)5(15)6(3(1)10)16-7(11,12)13/h14-15H2. The summed E-state index contributed by atoms with van der Waals surface area (Å²) in [5, 5.41) is 0. The molecule has 0 unspecified atom stereocenters. The molecule has 0 aliphatic carbocycles. The van der Waals surface area contributed by atoms with Crippen LogP contribution in [-0.4, -0.2) is 6.36 Å². The van der Waals surface area contributed by atoms with Gasteiger partial charge in [-0.15, -0.1) is 13.2 Å². The highest BCUT2D eigenvalue weighted by atomic mass is 19.4. The van der Waals surface area contributed by atoms with E-state index in [1.165, 1.54) is 0 Å². The minimum absolute atomic E-state index is 1.15. The molecule has 0 atom stereocenters. The number of hydrogen-bond acceptors (Lipinski definition) is 3. The number of rotatable bonds is 1. The Labute approximate surface area is 84.6 Å². The third-order valence-corrected chi connectivity index (χ3v) is 1.57. The Morgan fingerprint density at radius 1 is 0.812 bits per heavy atom. The molecule has 0 aliphatic heterocycles. The lowest BCUT2D eigenvalue weighted by atomic mass is 10.2. The van der Waals surface area contributed by atoms with Crippen molar-refractivity contribution in [3.05, 3.63) is 17.5 Å². The Hall–Kier alpha value is -1.80. The van der Waals surface area contributed by atoms with Crippen molar-refractivity contribution in [2.45, 2.75) is 6.36 Å². The summed E-state index contributed by atoms with van der Waals surface area (Å²) in [6, 6.07) is 0. The molecule has 0 heterocycles. The fourth-order valence-corrected chi connectivity index (χ4v) is 0.889.